The maximum atomic E-state index is 12.8. The Morgan fingerprint density at radius 2 is 0.550 bits per heavy atom. The van der Waals surface area contributed by atoms with Crippen LogP contribution in [0.15, 0.2) is 0 Å². The minimum atomic E-state index is -0.761. The van der Waals surface area contributed by atoms with Crippen LogP contribution in [0.1, 0.15) is 298 Å². The minimum absolute atomic E-state index is 0.0633. The van der Waals surface area contributed by atoms with Gasteiger partial charge in [-0.05, 0) is 31.1 Å². The van der Waals surface area contributed by atoms with E-state index in [1.54, 1.807) is 0 Å². The lowest BCUT2D eigenvalue weighted by Crippen LogP contribution is -2.30. The Hall–Kier alpha value is -1.59. The molecule has 0 aliphatic rings. The molecule has 0 aliphatic heterocycles. The van der Waals surface area contributed by atoms with Gasteiger partial charge in [0, 0.05) is 19.3 Å². The molecule has 0 aromatic carbocycles. The summed E-state index contributed by atoms with van der Waals surface area (Å²) >= 11 is 0. The maximum Gasteiger partial charge on any atom is 0.306 e. The summed E-state index contributed by atoms with van der Waals surface area (Å²) in [6.45, 7) is 11.4. The number of carbonyl (C=O) groups excluding carboxylic acids is 3. The van der Waals surface area contributed by atoms with E-state index in [0.29, 0.717) is 19.3 Å². The topological polar surface area (TPSA) is 78.9 Å². The normalized spacial score (nSPS) is 12.1. The van der Waals surface area contributed by atoms with Crippen LogP contribution in [-0.2, 0) is 28.6 Å². The van der Waals surface area contributed by atoms with Gasteiger partial charge < -0.3 is 14.2 Å². The summed E-state index contributed by atoms with van der Waals surface area (Å²) in [5.41, 5.74) is 0. The molecule has 0 aliphatic carbocycles. The molecule has 0 aromatic rings. The van der Waals surface area contributed by atoms with E-state index < -0.39 is 6.10 Å². The van der Waals surface area contributed by atoms with E-state index in [4.69, 9.17) is 14.2 Å². The Balaban J connectivity index is 4.30. The van der Waals surface area contributed by atoms with Crippen LogP contribution in [0.3, 0.4) is 0 Å². The molecular weight excluding hydrogens is 745 g/mol. The van der Waals surface area contributed by atoms with Gasteiger partial charge in [0.05, 0.1) is 0 Å². The highest BCUT2D eigenvalue weighted by Crippen LogP contribution is 2.18. The van der Waals surface area contributed by atoms with Gasteiger partial charge in [0.2, 0.25) is 0 Å². The second kappa shape index (κ2) is 46.9. The molecular formula is C54H104O6. The van der Waals surface area contributed by atoms with Crippen molar-refractivity contribution in [3.63, 3.8) is 0 Å². The molecule has 0 spiro atoms. The van der Waals surface area contributed by atoms with Crippen molar-refractivity contribution >= 4 is 17.9 Å². The molecule has 0 saturated heterocycles. The van der Waals surface area contributed by atoms with E-state index in [-0.39, 0.29) is 31.1 Å². The zero-order valence-corrected chi connectivity index (χ0v) is 41.1. The molecule has 6 nitrogen and oxygen atoms in total. The van der Waals surface area contributed by atoms with Crippen molar-refractivity contribution in [2.45, 2.75) is 304 Å². The van der Waals surface area contributed by atoms with Crippen molar-refractivity contribution in [2.75, 3.05) is 13.2 Å². The molecule has 1 atom stereocenters. The van der Waals surface area contributed by atoms with Crippen molar-refractivity contribution < 1.29 is 28.6 Å². The first-order valence-electron chi connectivity index (χ1n) is 26.7. The van der Waals surface area contributed by atoms with Crippen molar-refractivity contribution in [2.24, 2.45) is 11.8 Å². The Morgan fingerprint density at radius 3 is 0.817 bits per heavy atom. The quantitative estimate of drug-likeness (QED) is 0.0345. The van der Waals surface area contributed by atoms with Crippen LogP contribution < -0.4 is 0 Å². The molecule has 0 fully saturated rings. The molecule has 0 heterocycles. The summed E-state index contributed by atoms with van der Waals surface area (Å²) < 4.78 is 16.8. The monoisotopic (exact) mass is 849 g/mol. The Morgan fingerprint density at radius 1 is 0.317 bits per heavy atom. The fraction of sp³-hybridized carbons (Fsp3) is 0.944. The molecule has 0 unspecified atom stereocenters. The number of hydrogen-bond donors (Lipinski definition) is 0. The van der Waals surface area contributed by atoms with Crippen molar-refractivity contribution in [1.82, 2.24) is 0 Å². The van der Waals surface area contributed by atoms with Crippen molar-refractivity contribution in [3.05, 3.63) is 0 Å². The first kappa shape index (κ1) is 58.4. The number of rotatable bonds is 48. The van der Waals surface area contributed by atoms with Crippen LogP contribution in [0, 0.1) is 11.8 Å². The first-order valence-corrected chi connectivity index (χ1v) is 26.7. The zero-order chi connectivity index (χ0) is 44.0. The van der Waals surface area contributed by atoms with Gasteiger partial charge in [0.25, 0.3) is 0 Å². The van der Waals surface area contributed by atoms with E-state index in [1.807, 2.05) is 0 Å². The smallest absolute Gasteiger partial charge is 0.306 e. The highest BCUT2D eigenvalue weighted by molar-refractivity contribution is 5.71. The summed E-state index contributed by atoms with van der Waals surface area (Å²) in [5, 5.41) is 0. The summed E-state index contributed by atoms with van der Waals surface area (Å²) in [6, 6.07) is 0. The van der Waals surface area contributed by atoms with Gasteiger partial charge in [-0.1, -0.05) is 259 Å². The van der Waals surface area contributed by atoms with Crippen LogP contribution in [0.2, 0.25) is 0 Å². The van der Waals surface area contributed by atoms with Crippen LogP contribution in [0.4, 0.5) is 0 Å². The molecule has 6 heteroatoms. The van der Waals surface area contributed by atoms with E-state index in [9.17, 15) is 14.4 Å². The van der Waals surface area contributed by atoms with Crippen LogP contribution in [-0.4, -0.2) is 37.2 Å². The van der Waals surface area contributed by atoms with E-state index >= 15 is 0 Å². The summed E-state index contributed by atoms with van der Waals surface area (Å²) in [6.07, 6.45) is 48.0. The third kappa shape index (κ3) is 47.5. The molecule has 356 valence electrons. The molecule has 0 N–H and O–H groups in total. The lowest BCUT2D eigenvalue weighted by Gasteiger charge is -2.18. The fourth-order valence-corrected chi connectivity index (χ4v) is 8.17. The predicted octanol–water partition coefficient (Wildman–Crippen LogP) is 17.3. The largest absolute Gasteiger partial charge is 0.462 e. The maximum absolute atomic E-state index is 12.8. The Bertz CT molecular complexity index is 916. The molecule has 0 amide bonds. The second-order valence-electron chi connectivity index (χ2n) is 19.5. The number of carbonyl (C=O) groups is 3. The number of ether oxygens (including phenoxy) is 3. The lowest BCUT2D eigenvalue weighted by molar-refractivity contribution is -0.167. The van der Waals surface area contributed by atoms with Crippen molar-refractivity contribution in [3.8, 4) is 0 Å². The number of unbranched alkanes of at least 4 members (excludes halogenated alkanes) is 33. The van der Waals surface area contributed by atoms with Gasteiger partial charge in [-0.2, -0.15) is 0 Å². The van der Waals surface area contributed by atoms with Crippen LogP contribution in [0.25, 0.3) is 0 Å². The molecule has 0 rings (SSSR count). The van der Waals surface area contributed by atoms with Crippen LogP contribution in [0.5, 0.6) is 0 Å². The summed E-state index contributed by atoms with van der Waals surface area (Å²) in [5.74, 6) is 0.827. The second-order valence-corrected chi connectivity index (χ2v) is 19.5. The van der Waals surface area contributed by atoms with Gasteiger partial charge in [-0.15, -0.1) is 0 Å². The molecule has 0 aromatic heterocycles. The highest BCUT2D eigenvalue weighted by atomic mass is 16.6. The van der Waals surface area contributed by atoms with Gasteiger partial charge in [-0.25, -0.2) is 0 Å². The minimum Gasteiger partial charge on any atom is -0.462 e. The number of esters is 3. The molecule has 60 heavy (non-hydrogen) atoms. The average Bonchev–Trinajstić information content (AvgIpc) is 3.22. The molecule has 0 saturated carbocycles. The van der Waals surface area contributed by atoms with Crippen molar-refractivity contribution in [1.29, 1.82) is 0 Å². The fourth-order valence-electron chi connectivity index (χ4n) is 8.17. The zero-order valence-electron chi connectivity index (χ0n) is 41.1. The van der Waals surface area contributed by atoms with Gasteiger partial charge in [-0.3, -0.25) is 14.4 Å². The van der Waals surface area contributed by atoms with E-state index in [1.165, 1.54) is 186 Å². The SMILES string of the molecule is CCCCCCCCCCCCCC(=O)OC[C@H](COC(=O)CCCCCCCCCCCCCCC(C)C)OC(=O)CCCCCCCCCCCCCCCC(C)C. The Labute approximate surface area is 374 Å². The standard InChI is InChI=1S/C54H104O6/c1-6-7-8-9-10-11-17-24-29-34-39-44-52(55)58-47-51(48-59-53(56)45-40-35-30-25-20-16-15-19-23-28-33-38-43-50(4)5)60-54(57)46-41-36-31-26-21-14-12-13-18-22-27-32-37-42-49(2)3/h49-51H,6-48H2,1-5H3/t51-/m1/s1. The number of hydrogen-bond acceptors (Lipinski definition) is 6. The molecule has 0 bridgehead atoms. The first-order chi connectivity index (χ1) is 29.2. The average molecular weight is 849 g/mol. The highest BCUT2D eigenvalue weighted by Gasteiger charge is 2.19. The lowest BCUT2D eigenvalue weighted by atomic mass is 10.0. The van der Waals surface area contributed by atoms with Gasteiger partial charge in [0.1, 0.15) is 13.2 Å². The predicted molar refractivity (Wildman–Crippen MR) is 256 cm³/mol. The third-order valence-electron chi connectivity index (χ3n) is 12.2. The Kier molecular flexibility index (Phi) is 45.7. The van der Waals surface area contributed by atoms with Crippen LogP contribution >= 0.6 is 0 Å². The van der Waals surface area contributed by atoms with Gasteiger partial charge >= 0.3 is 17.9 Å². The van der Waals surface area contributed by atoms with E-state index in [0.717, 1.165) is 69.6 Å². The van der Waals surface area contributed by atoms with Gasteiger partial charge in [0.15, 0.2) is 6.10 Å². The molecule has 0 radical (unpaired) electrons. The summed E-state index contributed by atoms with van der Waals surface area (Å²) in [7, 11) is 0. The third-order valence-corrected chi connectivity index (χ3v) is 12.2. The van der Waals surface area contributed by atoms with E-state index in [2.05, 4.69) is 34.6 Å². The summed E-state index contributed by atoms with van der Waals surface area (Å²) in [4.78, 5) is 38.0.